The number of hydrogen-bond acceptors (Lipinski definition) is 5. The van der Waals surface area contributed by atoms with E-state index >= 15 is 0 Å². The molecule has 2 aromatic rings. The van der Waals surface area contributed by atoms with Gasteiger partial charge in [-0.15, -0.1) is 0 Å². The number of sulfonamides is 1. The number of carbonyl (C=O) groups excluding carboxylic acids is 1. The Morgan fingerprint density at radius 2 is 1.71 bits per heavy atom. The number of piperidine rings is 2. The molecular weight excluding hydrogens is 474 g/mol. The highest BCUT2D eigenvalue weighted by atomic mass is 35.5. The van der Waals surface area contributed by atoms with Gasteiger partial charge in [-0.25, -0.2) is 8.42 Å². The standard InChI is InChI=1S/C25H32ClN3O4S/c1-33-23-10-9-22(17-24(23)34(31,32)29-13-3-2-4-14-29)27-25(30)20-11-15-28(16-12-20)18-19-5-7-21(26)8-6-19/h5-10,17,20H,2-4,11-16,18H2,1H3,(H,27,30). The molecule has 0 saturated carbocycles. The first-order chi connectivity index (χ1) is 16.4. The number of nitrogens with one attached hydrogen (secondary N) is 1. The molecule has 9 heteroatoms. The fourth-order valence-corrected chi connectivity index (χ4v) is 6.47. The summed E-state index contributed by atoms with van der Waals surface area (Å²) in [6, 6.07) is 12.7. The molecule has 0 aromatic heterocycles. The Hall–Kier alpha value is -2.13. The zero-order valence-corrected chi connectivity index (χ0v) is 21.1. The third kappa shape index (κ3) is 5.92. The first kappa shape index (κ1) is 25.0. The third-order valence-corrected chi connectivity index (χ3v) is 8.81. The molecule has 2 saturated heterocycles. The molecule has 0 unspecified atom stereocenters. The van der Waals surface area contributed by atoms with Crippen LogP contribution in [0.5, 0.6) is 5.75 Å². The van der Waals surface area contributed by atoms with Crippen LogP contribution < -0.4 is 10.1 Å². The van der Waals surface area contributed by atoms with Crippen LogP contribution in [0.1, 0.15) is 37.7 Å². The largest absolute Gasteiger partial charge is 0.495 e. The van der Waals surface area contributed by atoms with Crippen molar-refractivity contribution < 1.29 is 17.9 Å². The highest BCUT2D eigenvalue weighted by Crippen LogP contribution is 2.31. The van der Waals surface area contributed by atoms with Gasteiger partial charge in [0.2, 0.25) is 15.9 Å². The summed E-state index contributed by atoms with van der Waals surface area (Å²) in [5, 5.41) is 3.66. The quantitative estimate of drug-likeness (QED) is 0.604. The van der Waals surface area contributed by atoms with E-state index < -0.39 is 10.0 Å². The SMILES string of the molecule is COc1ccc(NC(=O)C2CCN(Cc3ccc(Cl)cc3)CC2)cc1S(=O)(=O)N1CCCCC1. The zero-order chi connectivity index (χ0) is 24.1. The number of rotatable bonds is 7. The monoisotopic (exact) mass is 505 g/mol. The van der Waals surface area contributed by atoms with Crippen molar-refractivity contribution in [2.24, 2.45) is 5.92 Å². The molecule has 2 aliphatic heterocycles. The molecule has 34 heavy (non-hydrogen) atoms. The van der Waals surface area contributed by atoms with Crippen molar-refractivity contribution in [3.8, 4) is 5.75 Å². The topological polar surface area (TPSA) is 79.0 Å². The predicted molar refractivity (Wildman–Crippen MR) is 134 cm³/mol. The summed E-state index contributed by atoms with van der Waals surface area (Å²) in [6.45, 7) is 3.52. The van der Waals surface area contributed by atoms with E-state index in [2.05, 4.69) is 10.2 Å². The Labute approximate surface area is 207 Å². The summed E-state index contributed by atoms with van der Waals surface area (Å²) >= 11 is 5.97. The van der Waals surface area contributed by atoms with Crippen LogP contribution in [0.25, 0.3) is 0 Å². The Morgan fingerprint density at radius 3 is 2.35 bits per heavy atom. The minimum absolute atomic E-state index is 0.0716. The number of carbonyl (C=O) groups is 1. The number of halogens is 1. The fourth-order valence-electron chi connectivity index (χ4n) is 4.65. The lowest BCUT2D eigenvalue weighted by atomic mass is 9.95. The zero-order valence-electron chi connectivity index (χ0n) is 19.5. The van der Waals surface area contributed by atoms with E-state index in [0.717, 1.165) is 56.8 Å². The van der Waals surface area contributed by atoms with Crippen LogP contribution in [0.3, 0.4) is 0 Å². The molecule has 184 valence electrons. The van der Waals surface area contributed by atoms with Crippen LogP contribution in [0.4, 0.5) is 5.69 Å². The van der Waals surface area contributed by atoms with E-state index in [1.165, 1.54) is 23.0 Å². The number of methoxy groups -OCH3 is 1. The van der Waals surface area contributed by atoms with Gasteiger partial charge in [-0.1, -0.05) is 30.2 Å². The van der Waals surface area contributed by atoms with Crippen LogP contribution in [0, 0.1) is 5.92 Å². The number of benzene rings is 2. The molecule has 7 nitrogen and oxygen atoms in total. The molecule has 4 rings (SSSR count). The smallest absolute Gasteiger partial charge is 0.246 e. The summed E-state index contributed by atoms with van der Waals surface area (Å²) < 4.78 is 33.3. The Bertz CT molecular complexity index is 1090. The second-order valence-corrected chi connectivity index (χ2v) is 11.3. The average Bonchev–Trinajstić information content (AvgIpc) is 2.86. The molecule has 2 aromatic carbocycles. The van der Waals surface area contributed by atoms with Crippen LogP contribution in [0.15, 0.2) is 47.4 Å². The number of anilines is 1. The van der Waals surface area contributed by atoms with Gasteiger partial charge in [0.05, 0.1) is 7.11 Å². The second kappa shape index (κ2) is 11.1. The van der Waals surface area contributed by atoms with Gasteiger partial charge in [0, 0.05) is 36.3 Å². The van der Waals surface area contributed by atoms with Crippen molar-refractivity contribution in [2.75, 3.05) is 38.6 Å². The molecule has 0 aliphatic carbocycles. The van der Waals surface area contributed by atoms with Gasteiger partial charge in [0.25, 0.3) is 0 Å². The normalized spacial score (nSPS) is 18.5. The average molecular weight is 506 g/mol. The molecule has 0 radical (unpaired) electrons. The van der Waals surface area contributed by atoms with Crippen molar-refractivity contribution >= 4 is 33.2 Å². The number of nitrogens with zero attached hydrogens (tertiary/aromatic N) is 2. The first-order valence-electron chi connectivity index (χ1n) is 11.8. The number of hydrogen-bond donors (Lipinski definition) is 1. The van der Waals surface area contributed by atoms with Crippen LogP contribution in [0.2, 0.25) is 5.02 Å². The van der Waals surface area contributed by atoms with Gasteiger partial charge < -0.3 is 10.1 Å². The maximum atomic E-state index is 13.2. The Morgan fingerprint density at radius 1 is 1.03 bits per heavy atom. The Kier molecular flexibility index (Phi) is 8.14. The van der Waals surface area contributed by atoms with E-state index in [0.29, 0.717) is 24.5 Å². The molecule has 0 atom stereocenters. The third-order valence-electron chi connectivity index (χ3n) is 6.64. The van der Waals surface area contributed by atoms with Crippen LogP contribution in [-0.2, 0) is 21.4 Å². The molecular formula is C25H32ClN3O4S. The first-order valence-corrected chi connectivity index (χ1v) is 13.6. The summed E-state index contributed by atoms with van der Waals surface area (Å²) in [4.78, 5) is 15.4. The van der Waals surface area contributed by atoms with Crippen molar-refractivity contribution in [3.63, 3.8) is 0 Å². The summed E-state index contributed by atoms with van der Waals surface area (Å²) in [5.74, 6) is 0.113. The maximum absolute atomic E-state index is 13.2. The van der Waals surface area contributed by atoms with Crippen molar-refractivity contribution in [3.05, 3.63) is 53.1 Å². The van der Waals surface area contributed by atoms with Crippen LogP contribution >= 0.6 is 11.6 Å². The lowest BCUT2D eigenvalue weighted by molar-refractivity contribution is -0.121. The summed E-state index contributed by atoms with van der Waals surface area (Å²) in [7, 11) is -2.23. The lowest BCUT2D eigenvalue weighted by Crippen LogP contribution is -2.38. The predicted octanol–water partition coefficient (Wildman–Crippen LogP) is 4.37. The molecule has 0 bridgehead atoms. The van der Waals surface area contributed by atoms with Crippen molar-refractivity contribution in [1.29, 1.82) is 0 Å². The van der Waals surface area contributed by atoms with Gasteiger partial charge in [0.15, 0.2) is 0 Å². The van der Waals surface area contributed by atoms with E-state index in [1.54, 1.807) is 12.1 Å². The molecule has 2 fully saturated rings. The van der Waals surface area contributed by atoms with E-state index in [9.17, 15) is 13.2 Å². The van der Waals surface area contributed by atoms with Crippen molar-refractivity contribution in [1.82, 2.24) is 9.21 Å². The summed E-state index contributed by atoms with van der Waals surface area (Å²) in [6.07, 6.45) is 4.27. The molecule has 0 spiro atoms. The van der Waals surface area contributed by atoms with E-state index in [4.69, 9.17) is 16.3 Å². The minimum atomic E-state index is -3.69. The van der Waals surface area contributed by atoms with Gasteiger partial charge in [-0.05, 0) is 74.7 Å². The fraction of sp³-hybridized carbons (Fsp3) is 0.480. The van der Waals surface area contributed by atoms with Crippen molar-refractivity contribution in [2.45, 2.75) is 43.5 Å². The van der Waals surface area contributed by atoms with Crippen LogP contribution in [-0.4, -0.2) is 56.8 Å². The number of amides is 1. The number of likely N-dealkylation sites (tertiary alicyclic amines) is 1. The van der Waals surface area contributed by atoms with E-state index in [1.807, 2.05) is 24.3 Å². The van der Waals surface area contributed by atoms with E-state index in [-0.39, 0.29) is 16.7 Å². The van der Waals surface area contributed by atoms with Gasteiger partial charge in [0.1, 0.15) is 10.6 Å². The highest BCUT2D eigenvalue weighted by Gasteiger charge is 2.30. The van der Waals surface area contributed by atoms with Gasteiger partial charge in [-0.2, -0.15) is 4.31 Å². The lowest BCUT2D eigenvalue weighted by Gasteiger charge is -2.31. The summed E-state index contributed by atoms with van der Waals surface area (Å²) in [5.41, 5.74) is 1.68. The van der Waals surface area contributed by atoms with Gasteiger partial charge in [-0.3, -0.25) is 9.69 Å². The van der Waals surface area contributed by atoms with Gasteiger partial charge >= 0.3 is 0 Å². The maximum Gasteiger partial charge on any atom is 0.246 e. The molecule has 2 heterocycles. The second-order valence-electron chi connectivity index (χ2n) is 9.00. The highest BCUT2D eigenvalue weighted by molar-refractivity contribution is 7.89. The molecule has 1 amide bonds. The molecule has 1 N–H and O–H groups in total. The molecule has 2 aliphatic rings. The number of ether oxygens (including phenoxy) is 1. The Balaban J connectivity index is 1.38. The minimum Gasteiger partial charge on any atom is -0.495 e.